The highest BCUT2D eigenvalue weighted by atomic mass is 16.5. The van der Waals surface area contributed by atoms with E-state index in [1.54, 1.807) is 0 Å². The van der Waals surface area contributed by atoms with Crippen LogP contribution in [0.15, 0.2) is 36.1 Å². The van der Waals surface area contributed by atoms with Gasteiger partial charge in [-0.15, -0.1) is 0 Å². The van der Waals surface area contributed by atoms with Gasteiger partial charge >= 0.3 is 0 Å². The maximum absolute atomic E-state index is 5.87. The average molecular weight is 250 g/mol. The lowest BCUT2D eigenvalue weighted by Gasteiger charge is -2.22. The predicted molar refractivity (Wildman–Crippen MR) is 81.5 cm³/mol. The van der Waals surface area contributed by atoms with Gasteiger partial charge in [0.25, 0.3) is 0 Å². The van der Waals surface area contributed by atoms with E-state index in [0.29, 0.717) is 5.92 Å². The molecule has 0 unspecified atom stereocenters. The monoisotopic (exact) mass is 250 g/mol. The second-order valence-electron chi connectivity index (χ2n) is 5.12. The lowest BCUT2D eigenvalue weighted by molar-refractivity contribution is 0.141. The van der Waals surface area contributed by atoms with E-state index in [1.807, 2.05) is 32.1 Å². The van der Waals surface area contributed by atoms with Crippen molar-refractivity contribution in [3.8, 4) is 0 Å². The first-order chi connectivity index (χ1) is 8.54. The first-order valence-electron chi connectivity index (χ1n) is 7.17. The van der Waals surface area contributed by atoms with Gasteiger partial charge in [0.15, 0.2) is 0 Å². The van der Waals surface area contributed by atoms with Crippen molar-refractivity contribution < 1.29 is 4.74 Å². The number of rotatable bonds is 9. The summed E-state index contributed by atoms with van der Waals surface area (Å²) in [5.74, 6) is 2.33. The molecule has 0 aliphatic rings. The zero-order chi connectivity index (χ0) is 14.0. The molecule has 0 aliphatic carbocycles. The fraction of sp³-hybridized carbons (Fsp3) is 0.647. The Bertz CT molecular complexity index is 286. The first-order valence-corrected chi connectivity index (χ1v) is 7.17. The zero-order valence-corrected chi connectivity index (χ0v) is 12.8. The molecule has 2 atom stereocenters. The minimum Gasteiger partial charge on any atom is -0.494 e. The highest BCUT2D eigenvalue weighted by Crippen LogP contribution is 2.22. The van der Waals surface area contributed by atoms with E-state index >= 15 is 0 Å². The molecule has 18 heavy (non-hydrogen) atoms. The van der Waals surface area contributed by atoms with E-state index in [9.17, 15) is 0 Å². The molecule has 1 heteroatoms. The van der Waals surface area contributed by atoms with Gasteiger partial charge in [0.2, 0.25) is 0 Å². The Morgan fingerprint density at radius 1 is 1.28 bits per heavy atom. The van der Waals surface area contributed by atoms with Crippen molar-refractivity contribution in [1.29, 1.82) is 0 Å². The van der Waals surface area contributed by atoms with Crippen LogP contribution in [0.25, 0.3) is 0 Å². The molecule has 0 fully saturated rings. The van der Waals surface area contributed by atoms with E-state index < -0.39 is 0 Å². The summed E-state index contributed by atoms with van der Waals surface area (Å²) in [5, 5.41) is 0. The van der Waals surface area contributed by atoms with Crippen molar-refractivity contribution in [3.05, 3.63) is 36.1 Å². The zero-order valence-electron chi connectivity index (χ0n) is 12.8. The van der Waals surface area contributed by atoms with E-state index in [1.165, 1.54) is 19.3 Å². The summed E-state index contributed by atoms with van der Waals surface area (Å²) >= 11 is 0. The van der Waals surface area contributed by atoms with E-state index in [-0.39, 0.29) is 0 Å². The Kier molecular flexibility index (Phi) is 9.45. The van der Waals surface area contributed by atoms with Gasteiger partial charge in [0.1, 0.15) is 5.76 Å². The molecular formula is C17H30O. The topological polar surface area (TPSA) is 9.23 Å². The normalized spacial score (nSPS) is 15.7. The highest BCUT2D eigenvalue weighted by molar-refractivity contribution is 5.20. The molecule has 0 rings (SSSR count). The van der Waals surface area contributed by atoms with Gasteiger partial charge in [0.05, 0.1) is 6.61 Å². The van der Waals surface area contributed by atoms with Crippen molar-refractivity contribution in [2.45, 2.75) is 53.9 Å². The van der Waals surface area contributed by atoms with Gasteiger partial charge in [-0.2, -0.15) is 0 Å². The highest BCUT2D eigenvalue weighted by Gasteiger charge is 2.15. The molecule has 0 saturated heterocycles. The molecule has 104 valence electrons. The fourth-order valence-corrected chi connectivity index (χ4v) is 2.08. The summed E-state index contributed by atoms with van der Waals surface area (Å²) in [6, 6.07) is 0. The van der Waals surface area contributed by atoms with Crippen LogP contribution in [0, 0.1) is 11.8 Å². The molecule has 0 aromatic carbocycles. The van der Waals surface area contributed by atoms with Crippen molar-refractivity contribution in [3.63, 3.8) is 0 Å². The van der Waals surface area contributed by atoms with Crippen molar-refractivity contribution in [1.82, 2.24) is 0 Å². The summed E-state index contributed by atoms with van der Waals surface area (Å²) in [7, 11) is 0. The molecule has 0 radical (unpaired) electrons. The number of ether oxygens (including phenoxy) is 1. The maximum atomic E-state index is 5.87. The van der Waals surface area contributed by atoms with E-state index in [2.05, 4.69) is 27.4 Å². The lowest BCUT2D eigenvalue weighted by atomic mass is 9.88. The van der Waals surface area contributed by atoms with Crippen LogP contribution in [0.2, 0.25) is 0 Å². The third-order valence-electron chi connectivity index (χ3n) is 3.32. The SMILES string of the molecule is C=C(C)/C=C\C(=CC)OC[C@@H](C)[C@@H](CC)CCC. The Balaban J connectivity index is 4.23. The Labute approximate surface area is 114 Å². The minimum absolute atomic E-state index is 0.614. The Morgan fingerprint density at radius 3 is 2.39 bits per heavy atom. The van der Waals surface area contributed by atoms with E-state index in [4.69, 9.17) is 4.74 Å². The minimum atomic E-state index is 0.614. The van der Waals surface area contributed by atoms with Crippen LogP contribution < -0.4 is 0 Å². The van der Waals surface area contributed by atoms with Crippen LogP contribution in [-0.2, 0) is 4.74 Å². The molecule has 0 spiro atoms. The molecule has 0 bridgehead atoms. The summed E-state index contributed by atoms with van der Waals surface area (Å²) in [6.45, 7) is 15.5. The van der Waals surface area contributed by atoms with Crippen LogP contribution in [-0.4, -0.2) is 6.61 Å². The largest absolute Gasteiger partial charge is 0.494 e. The van der Waals surface area contributed by atoms with E-state index in [0.717, 1.165) is 23.9 Å². The van der Waals surface area contributed by atoms with Crippen LogP contribution in [0.3, 0.4) is 0 Å². The molecule has 0 aromatic rings. The summed E-state index contributed by atoms with van der Waals surface area (Å²) in [6.07, 6.45) is 9.79. The van der Waals surface area contributed by atoms with Crippen molar-refractivity contribution >= 4 is 0 Å². The summed E-state index contributed by atoms with van der Waals surface area (Å²) in [5.41, 5.74) is 1.04. The quantitative estimate of drug-likeness (QED) is 0.388. The fourth-order valence-electron chi connectivity index (χ4n) is 2.08. The number of allylic oxidation sites excluding steroid dienone is 4. The predicted octanol–water partition coefficient (Wildman–Crippen LogP) is 5.50. The van der Waals surface area contributed by atoms with Crippen molar-refractivity contribution in [2.75, 3.05) is 6.61 Å². The van der Waals surface area contributed by atoms with Gasteiger partial charge in [-0.1, -0.05) is 58.3 Å². The van der Waals surface area contributed by atoms with Crippen LogP contribution in [0.5, 0.6) is 0 Å². The average Bonchev–Trinajstić information content (AvgIpc) is 2.35. The molecule has 0 aliphatic heterocycles. The molecule has 0 saturated carbocycles. The first kappa shape index (κ1) is 17.0. The van der Waals surface area contributed by atoms with Crippen LogP contribution in [0.1, 0.15) is 53.9 Å². The van der Waals surface area contributed by atoms with Crippen LogP contribution >= 0.6 is 0 Å². The Hall–Kier alpha value is -0.980. The molecule has 0 amide bonds. The van der Waals surface area contributed by atoms with Gasteiger partial charge in [0, 0.05) is 0 Å². The molecular weight excluding hydrogens is 220 g/mol. The standard InChI is InChI=1S/C17H30O/c1-7-10-16(8-2)15(6)13-18-17(9-3)12-11-14(4)5/h9,11-12,15-16H,4,7-8,10,13H2,1-3,5-6H3/b12-11-,17-9?/t15-,16+/m1/s1. The van der Waals surface area contributed by atoms with Gasteiger partial charge in [-0.3, -0.25) is 0 Å². The van der Waals surface area contributed by atoms with Crippen molar-refractivity contribution in [2.24, 2.45) is 11.8 Å². The van der Waals surface area contributed by atoms with Gasteiger partial charge in [-0.05, 0) is 37.8 Å². The number of hydrogen-bond acceptors (Lipinski definition) is 1. The lowest BCUT2D eigenvalue weighted by Crippen LogP contribution is -2.16. The second-order valence-corrected chi connectivity index (χ2v) is 5.12. The second kappa shape index (κ2) is 9.99. The molecule has 0 N–H and O–H groups in total. The van der Waals surface area contributed by atoms with Gasteiger partial charge in [-0.25, -0.2) is 0 Å². The van der Waals surface area contributed by atoms with Gasteiger partial charge < -0.3 is 4.74 Å². The summed E-state index contributed by atoms with van der Waals surface area (Å²) in [4.78, 5) is 0. The molecule has 0 heterocycles. The molecule has 0 aromatic heterocycles. The summed E-state index contributed by atoms with van der Waals surface area (Å²) < 4.78 is 5.87. The molecule has 1 nitrogen and oxygen atoms in total. The third kappa shape index (κ3) is 7.37. The number of hydrogen-bond donors (Lipinski definition) is 0. The van der Waals surface area contributed by atoms with Crippen LogP contribution in [0.4, 0.5) is 0 Å². The smallest absolute Gasteiger partial charge is 0.115 e. The maximum Gasteiger partial charge on any atom is 0.115 e. The third-order valence-corrected chi connectivity index (χ3v) is 3.32. The Morgan fingerprint density at radius 2 is 1.94 bits per heavy atom.